The van der Waals surface area contributed by atoms with Gasteiger partial charge in [-0.15, -0.1) is 0 Å². The van der Waals surface area contributed by atoms with Crippen LogP contribution in [-0.4, -0.2) is 37.2 Å². The minimum absolute atomic E-state index is 0.122. The third-order valence-corrected chi connectivity index (χ3v) is 12.7. The number of esters is 3. The first-order chi connectivity index (χ1) is 36.5. The number of carbonyl (C=O) groups excluding carboxylic acids is 3. The number of hydrogen-bond donors (Lipinski definition) is 0. The molecule has 1 atom stereocenters. The molecule has 6 nitrogen and oxygen atoms in total. The molecule has 0 aromatic carbocycles. The normalized spacial score (nSPS) is 13.0. The number of carbonyl (C=O) groups is 3. The van der Waals surface area contributed by atoms with E-state index in [1.165, 1.54) is 122 Å². The first kappa shape index (κ1) is 69.8. The van der Waals surface area contributed by atoms with Crippen molar-refractivity contribution >= 4 is 17.9 Å². The molecule has 0 aromatic rings. The Morgan fingerprint density at radius 2 is 0.554 bits per heavy atom. The van der Waals surface area contributed by atoms with Gasteiger partial charge in [0.2, 0.25) is 0 Å². The average molecular weight is 1030 g/mol. The molecule has 0 bridgehead atoms. The average Bonchev–Trinajstić information content (AvgIpc) is 3.40. The Morgan fingerprint density at radius 3 is 0.878 bits per heavy atom. The van der Waals surface area contributed by atoms with Crippen LogP contribution in [0.5, 0.6) is 0 Å². The smallest absolute Gasteiger partial charge is 0.306 e. The minimum atomic E-state index is -0.838. The molecule has 1 unspecified atom stereocenters. The number of hydrogen-bond acceptors (Lipinski definition) is 6. The van der Waals surface area contributed by atoms with Gasteiger partial charge >= 0.3 is 17.9 Å². The number of allylic oxidation sites excluding steroid dienone is 20. The van der Waals surface area contributed by atoms with Gasteiger partial charge in [0, 0.05) is 19.3 Å². The lowest BCUT2D eigenvalue weighted by Gasteiger charge is -2.18. The van der Waals surface area contributed by atoms with E-state index in [1.807, 2.05) is 12.2 Å². The maximum Gasteiger partial charge on any atom is 0.306 e. The Labute approximate surface area is 456 Å². The van der Waals surface area contributed by atoms with Crippen molar-refractivity contribution in [1.29, 1.82) is 0 Å². The number of ether oxygens (including phenoxy) is 3. The van der Waals surface area contributed by atoms with Crippen molar-refractivity contribution in [3.63, 3.8) is 0 Å². The van der Waals surface area contributed by atoms with Crippen LogP contribution in [-0.2, 0) is 28.6 Å². The van der Waals surface area contributed by atoms with Crippen molar-refractivity contribution in [2.45, 2.75) is 277 Å². The van der Waals surface area contributed by atoms with Crippen molar-refractivity contribution in [3.8, 4) is 0 Å². The van der Waals surface area contributed by atoms with Crippen LogP contribution in [0.15, 0.2) is 122 Å². The van der Waals surface area contributed by atoms with Gasteiger partial charge in [-0.05, 0) is 96.3 Å². The zero-order valence-corrected chi connectivity index (χ0v) is 48.1. The summed E-state index contributed by atoms with van der Waals surface area (Å²) in [5.74, 6) is -1.05. The first-order valence-electron chi connectivity index (χ1n) is 30.5. The zero-order chi connectivity index (χ0) is 53.6. The van der Waals surface area contributed by atoms with Gasteiger partial charge in [0.05, 0.1) is 0 Å². The fourth-order valence-electron chi connectivity index (χ4n) is 8.23. The molecular weight excluding hydrogens is 913 g/mol. The summed E-state index contributed by atoms with van der Waals surface area (Å²) in [4.78, 5) is 38.2. The van der Waals surface area contributed by atoms with Crippen LogP contribution >= 0.6 is 0 Å². The van der Waals surface area contributed by atoms with E-state index in [0.29, 0.717) is 19.3 Å². The maximum atomic E-state index is 12.8. The number of unbranched alkanes of at least 4 members (excludes halogenated alkanes) is 23. The monoisotopic (exact) mass is 1020 g/mol. The highest BCUT2D eigenvalue weighted by Crippen LogP contribution is 2.16. The molecule has 6 heteroatoms. The van der Waals surface area contributed by atoms with Crippen molar-refractivity contribution in [2.75, 3.05) is 13.2 Å². The molecule has 0 aliphatic carbocycles. The highest BCUT2D eigenvalue weighted by Gasteiger charge is 2.19. The van der Waals surface area contributed by atoms with E-state index >= 15 is 0 Å². The summed E-state index contributed by atoms with van der Waals surface area (Å²) in [6, 6.07) is 0. The fraction of sp³-hybridized carbons (Fsp3) is 0.662. The first-order valence-corrected chi connectivity index (χ1v) is 30.5. The van der Waals surface area contributed by atoms with Crippen molar-refractivity contribution in [3.05, 3.63) is 122 Å². The highest BCUT2D eigenvalue weighted by atomic mass is 16.6. The van der Waals surface area contributed by atoms with Crippen LogP contribution < -0.4 is 0 Å². The fourth-order valence-corrected chi connectivity index (χ4v) is 8.23. The zero-order valence-electron chi connectivity index (χ0n) is 48.1. The summed E-state index contributed by atoms with van der Waals surface area (Å²) in [6.45, 7) is 6.33. The van der Waals surface area contributed by atoms with Crippen LogP contribution in [0.2, 0.25) is 0 Å². The van der Waals surface area contributed by atoms with Crippen LogP contribution in [0.4, 0.5) is 0 Å². The Kier molecular flexibility index (Phi) is 57.9. The predicted molar refractivity (Wildman–Crippen MR) is 320 cm³/mol. The molecule has 0 saturated carbocycles. The third-order valence-electron chi connectivity index (χ3n) is 12.7. The van der Waals surface area contributed by atoms with Crippen LogP contribution in [0.25, 0.3) is 0 Å². The molecule has 0 aromatic heterocycles. The molecule has 0 fully saturated rings. The van der Waals surface area contributed by atoms with Crippen molar-refractivity contribution in [1.82, 2.24) is 0 Å². The SMILES string of the molecule is CC/C=C\C/C=C\C/C=C\C/C=C\C/C=C\C/C=C\CCC(=O)OC(COC(=O)CCCC/C=C\C/C=C\C/C=C\C/C=C\CC)COC(=O)CCCCCCCCCCCCCCCCCCCCCCCC. The van der Waals surface area contributed by atoms with Gasteiger partial charge in [-0.25, -0.2) is 0 Å². The van der Waals surface area contributed by atoms with Crippen molar-refractivity contribution < 1.29 is 28.6 Å². The second-order valence-corrected chi connectivity index (χ2v) is 19.9. The van der Waals surface area contributed by atoms with Crippen LogP contribution in [0.1, 0.15) is 271 Å². The van der Waals surface area contributed by atoms with E-state index in [-0.39, 0.29) is 38.0 Å². The molecule has 0 aliphatic rings. The summed E-state index contributed by atoms with van der Waals surface area (Å²) in [5.41, 5.74) is 0. The van der Waals surface area contributed by atoms with Gasteiger partial charge in [-0.2, -0.15) is 0 Å². The molecule has 0 N–H and O–H groups in total. The summed E-state index contributed by atoms with van der Waals surface area (Å²) in [5, 5.41) is 0. The molecule has 0 rings (SSSR count). The lowest BCUT2D eigenvalue weighted by atomic mass is 10.0. The Hall–Kier alpha value is -4.19. The van der Waals surface area contributed by atoms with Gasteiger partial charge in [-0.1, -0.05) is 277 Å². The van der Waals surface area contributed by atoms with E-state index in [0.717, 1.165) is 96.3 Å². The molecular formula is C68H112O6. The summed E-state index contributed by atoms with van der Waals surface area (Å²) in [7, 11) is 0. The van der Waals surface area contributed by atoms with Gasteiger partial charge in [0.1, 0.15) is 13.2 Å². The lowest BCUT2D eigenvalue weighted by molar-refractivity contribution is -0.166. The minimum Gasteiger partial charge on any atom is -0.462 e. The van der Waals surface area contributed by atoms with E-state index in [2.05, 4.69) is 130 Å². The second kappa shape index (κ2) is 61.4. The van der Waals surface area contributed by atoms with Crippen LogP contribution in [0, 0.1) is 0 Å². The molecule has 0 heterocycles. The number of rotatable bonds is 54. The standard InChI is InChI=1S/C68H112O6/c1-4-7-10-13-16-19-22-25-28-30-32-33-34-36-37-40-43-46-49-52-55-58-61-67(70)73-64-65(63-72-66(69)60-57-54-51-48-45-42-39-27-24-21-18-15-12-9-6-3)74-68(71)62-59-56-53-50-47-44-41-38-35-31-29-26-23-20-17-14-11-8-5-2/h8-9,11-12,17-18,20-21,26-27,29,35,38-39,44-45,47-48,53,56,65H,4-7,10,13-16,19,22-25,28,30-34,36-37,40-43,46,49-52,54-55,57-64H2,1-3H3/b11-8-,12-9-,20-17-,21-18-,29-26-,38-35-,39-27-,47-44-,48-45-,56-53-. The van der Waals surface area contributed by atoms with E-state index < -0.39 is 12.1 Å². The molecule has 0 saturated heterocycles. The largest absolute Gasteiger partial charge is 0.462 e. The van der Waals surface area contributed by atoms with Gasteiger partial charge in [-0.3, -0.25) is 14.4 Å². The summed E-state index contributed by atoms with van der Waals surface area (Å²) >= 11 is 0. The lowest BCUT2D eigenvalue weighted by Crippen LogP contribution is -2.30. The predicted octanol–water partition coefficient (Wildman–Crippen LogP) is 20.8. The van der Waals surface area contributed by atoms with E-state index in [4.69, 9.17) is 14.2 Å². The quantitative estimate of drug-likeness (QED) is 0.0261. The Morgan fingerprint density at radius 1 is 0.284 bits per heavy atom. The Bertz CT molecular complexity index is 1550. The van der Waals surface area contributed by atoms with Gasteiger partial charge in [0.25, 0.3) is 0 Å². The van der Waals surface area contributed by atoms with E-state index in [1.54, 1.807) is 0 Å². The molecule has 74 heavy (non-hydrogen) atoms. The molecule has 420 valence electrons. The van der Waals surface area contributed by atoms with Gasteiger partial charge < -0.3 is 14.2 Å². The molecule has 0 radical (unpaired) electrons. The Balaban J connectivity index is 4.49. The van der Waals surface area contributed by atoms with Crippen LogP contribution in [0.3, 0.4) is 0 Å². The summed E-state index contributed by atoms with van der Waals surface area (Å²) in [6.07, 6.45) is 85.1. The third kappa shape index (κ3) is 58.7. The second-order valence-electron chi connectivity index (χ2n) is 19.9. The topological polar surface area (TPSA) is 78.9 Å². The summed E-state index contributed by atoms with van der Waals surface area (Å²) < 4.78 is 16.8. The maximum absolute atomic E-state index is 12.8. The van der Waals surface area contributed by atoms with Gasteiger partial charge in [0.15, 0.2) is 6.10 Å². The molecule has 0 aliphatic heterocycles. The molecule has 0 spiro atoms. The highest BCUT2D eigenvalue weighted by molar-refractivity contribution is 5.71. The van der Waals surface area contributed by atoms with Crippen molar-refractivity contribution in [2.24, 2.45) is 0 Å². The van der Waals surface area contributed by atoms with E-state index in [9.17, 15) is 14.4 Å². The molecule has 0 amide bonds.